The highest BCUT2D eigenvalue weighted by molar-refractivity contribution is 5.04. The molecule has 6 heteroatoms. The second-order valence-electron chi connectivity index (χ2n) is 3.57. The molecule has 0 aliphatic carbocycles. The molecule has 1 aromatic heterocycles. The van der Waals surface area contributed by atoms with E-state index < -0.39 is 6.04 Å². The third kappa shape index (κ3) is 3.28. The zero-order valence-electron chi connectivity index (χ0n) is 9.67. The fraction of sp³-hybridized carbons (Fsp3) is 0.700. The molecule has 0 saturated heterocycles. The van der Waals surface area contributed by atoms with Crippen molar-refractivity contribution in [2.75, 3.05) is 27.4 Å². The van der Waals surface area contributed by atoms with Gasteiger partial charge in [-0.2, -0.15) is 0 Å². The average molecular weight is 229 g/mol. The minimum Gasteiger partial charge on any atom is -0.394 e. The standard InChI is InChI=1S/C10H19N3O3/c1-15-6-8(16-2)4-13-7-12-3-10(13)9(11)5-14/h3,7-9,14H,4-6,11H2,1-2H3. The number of aliphatic hydroxyl groups is 1. The summed E-state index contributed by atoms with van der Waals surface area (Å²) in [5.41, 5.74) is 6.54. The van der Waals surface area contributed by atoms with Crippen LogP contribution in [-0.4, -0.2) is 48.2 Å². The Morgan fingerprint density at radius 1 is 1.56 bits per heavy atom. The first kappa shape index (κ1) is 13.1. The second kappa shape index (κ2) is 6.59. The van der Waals surface area contributed by atoms with Crippen LogP contribution in [0.15, 0.2) is 12.5 Å². The summed E-state index contributed by atoms with van der Waals surface area (Å²) in [6.45, 7) is 1.00. The van der Waals surface area contributed by atoms with Crippen molar-refractivity contribution in [2.45, 2.75) is 18.7 Å². The van der Waals surface area contributed by atoms with Crippen LogP contribution in [0.2, 0.25) is 0 Å². The van der Waals surface area contributed by atoms with E-state index in [1.807, 2.05) is 4.57 Å². The molecule has 3 N–H and O–H groups in total. The van der Waals surface area contributed by atoms with Crippen molar-refractivity contribution < 1.29 is 14.6 Å². The van der Waals surface area contributed by atoms with Crippen molar-refractivity contribution in [1.29, 1.82) is 0 Å². The summed E-state index contributed by atoms with van der Waals surface area (Å²) in [6.07, 6.45) is 3.27. The quantitative estimate of drug-likeness (QED) is 0.661. The van der Waals surface area contributed by atoms with E-state index in [-0.39, 0.29) is 12.7 Å². The third-order valence-corrected chi connectivity index (χ3v) is 2.41. The van der Waals surface area contributed by atoms with Gasteiger partial charge in [0.1, 0.15) is 0 Å². The summed E-state index contributed by atoms with van der Waals surface area (Å²) in [5, 5.41) is 9.00. The molecule has 1 aromatic rings. The Kier molecular flexibility index (Phi) is 5.41. The predicted molar refractivity (Wildman–Crippen MR) is 58.9 cm³/mol. The number of nitrogens with zero attached hydrogens (tertiary/aromatic N) is 2. The fourth-order valence-electron chi connectivity index (χ4n) is 1.49. The van der Waals surface area contributed by atoms with Crippen molar-refractivity contribution in [3.05, 3.63) is 18.2 Å². The Bertz CT molecular complexity index is 303. The van der Waals surface area contributed by atoms with E-state index in [0.717, 1.165) is 5.69 Å². The minimum absolute atomic E-state index is 0.0520. The maximum absolute atomic E-state index is 9.00. The summed E-state index contributed by atoms with van der Waals surface area (Å²) in [6, 6.07) is -0.414. The molecule has 0 amide bonds. The van der Waals surface area contributed by atoms with Crippen LogP contribution in [0.4, 0.5) is 0 Å². The van der Waals surface area contributed by atoms with E-state index in [0.29, 0.717) is 13.2 Å². The number of hydrogen-bond acceptors (Lipinski definition) is 5. The van der Waals surface area contributed by atoms with Crippen LogP contribution in [0.3, 0.4) is 0 Å². The lowest BCUT2D eigenvalue weighted by molar-refractivity contribution is 0.0176. The molecule has 1 heterocycles. The molecule has 0 spiro atoms. The van der Waals surface area contributed by atoms with Gasteiger partial charge in [-0.05, 0) is 0 Å². The van der Waals surface area contributed by atoms with Gasteiger partial charge >= 0.3 is 0 Å². The number of aliphatic hydroxyl groups excluding tert-OH is 1. The van der Waals surface area contributed by atoms with E-state index in [4.69, 9.17) is 20.3 Å². The van der Waals surface area contributed by atoms with Crippen molar-refractivity contribution in [2.24, 2.45) is 5.73 Å². The highest BCUT2D eigenvalue weighted by Crippen LogP contribution is 2.10. The smallest absolute Gasteiger partial charge is 0.0983 e. The largest absolute Gasteiger partial charge is 0.394 e. The normalized spacial score (nSPS) is 15.0. The van der Waals surface area contributed by atoms with Gasteiger partial charge in [-0.15, -0.1) is 0 Å². The second-order valence-corrected chi connectivity index (χ2v) is 3.57. The first-order valence-electron chi connectivity index (χ1n) is 5.11. The topological polar surface area (TPSA) is 82.5 Å². The van der Waals surface area contributed by atoms with Gasteiger partial charge in [0.25, 0.3) is 0 Å². The van der Waals surface area contributed by atoms with Gasteiger partial charge < -0.3 is 24.9 Å². The minimum atomic E-state index is -0.414. The highest BCUT2D eigenvalue weighted by Gasteiger charge is 2.14. The van der Waals surface area contributed by atoms with Gasteiger partial charge in [0.15, 0.2) is 0 Å². The predicted octanol–water partition coefficient (Wildman–Crippen LogP) is -0.463. The highest BCUT2D eigenvalue weighted by atomic mass is 16.5. The van der Waals surface area contributed by atoms with E-state index >= 15 is 0 Å². The maximum Gasteiger partial charge on any atom is 0.0983 e. The van der Waals surface area contributed by atoms with Crippen LogP contribution >= 0.6 is 0 Å². The molecule has 1 rings (SSSR count). The van der Waals surface area contributed by atoms with E-state index in [1.54, 1.807) is 26.7 Å². The van der Waals surface area contributed by atoms with Gasteiger partial charge in [0, 0.05) is 20.4 Å². The van der Waals surface area contributed by atoms with Crippen LogP contribution < -0.4 is 5.73 Å². The van der Waals surface area contributed by atoms with Crippen molar-refractivity contribution >= 4 is 0 Å². The Morgan fingerprint density at radius 2 is 2.31 bits per heavy atom. The Morgan fingerprint density at radius 3 is 2.88 bits per heavy atom. The summed E-state index contributed by atoms with van der Waals surface area (Å²) in [7, 11) is 3.26. The first-order chi connectivity index (χ1) is 7.72. The molecule has 6 nitrogen and oxygen atoms in total. The molecular formula is C10H19N3O3. The molecule has 0 saturated carbocycles. The summed E-state index contributed by atoms with van der Waals surface area (Å²) in [5.74, 6) is 0. The maximum atomic E-state index is 9.00. The molecule has 2 unspecified atom stereocenters. The molecule has 0 aromatic carbocycles. The zero-order valence-corrected chi connectivity index (χ0v) is 9.67. The van der Waals surface area contributed by atoms with Crippen LogP contribution in [-0.2, 0) is 16.0 Å². The number of ether oxygens (including phenoxy) is 2. The number of methoxy groups -OCH3 is 2. The van der Waals surface area contributed by atoms with Gasteiger partial charge in [-0.25, -0.2) is 4.98 Å². The van der Waals surface area contributed by atoms with Gasteiger partial charge in [-0.3, -0.25) is 0 Å². The molecule has 0 aliphatic heterocycles. The zero-order chi connectivity index (χ0) is 12.0. The molecule has 0 bridgehead atoms. The number of imidazole rings is 1. The summed E-state index contributed by atoms with van der Waals surface area (Å²) >= 11 is 0. The van der Waals surface area contributed by atoms with Gasteiger partial charge in [-0.1, -0.05) is 0 Å². The van der Waals surface area contributed by atoms with Gasteiger partial charge in [0.2, 0.25) is 0 Å². The summed E-state index contributed by atoms with van der Waals surface area (Å²) < 4.78 is 12.2. The lowest BCUT2D eigenvalue weighted by atomic mass is 10.2. The molecule has 2 atom stereocenters. The number of aromatic nitrogens is 2. The van der Waals surface area contributed by atoms with Crippen molar-refractivity contribution in [3.8, 4) is 0 Å². The molecule has 0 radical (unpaired) electrons. The van der Waals surface area contributed by atoms with Crippen LogP contribution in [0.5, 0.6) is 0 Å². The Labute approximate surface area is 95.0 Å². The fourth-order valence-corrected chi connectivity index (χ4v) is 1.49. The van der Waals surface area contributed by atoms with Crippen molar-refractivity contribution in [3.63, 3.8) is 0 Å². The molecule has 0 fully saturated rings. The lowest BCUT2D eigenvalue weighted by Crippen LogP contribution is -2.26. The third-order valence-electron chi connectivity index (χ3n) is 2.41. The van der Waals surface area contributed by atoms with E-state index in [1.165, 1.54) is 0 Å². The number of nitrogens with two attached hydrogens (primary N) is 1. The number of rotatable bonds is 7. The number of hydrogen-bond donors (Lipinski definition) is 2. The lowest BCUT2D eigenvalue weighted by Gasteiger charge is -2.18. The average Bonchev–Trinajstić information content (AvgIpc) is 2.75. The van der Waals surface area contributed by atoms with E-state index in [9.17, 15) is 0 Å². The van der Waals surface area contributed by atoms with Crippen LogP contribution in [0, 0.1) is 0 Å². The Balaban J connectivity index is 2.68. The molecule has 16 heavy (non-hydrogen) atoms. The Hall–Kier alpha value is -0.950. The first-order valence-corrected chi connectivity index (χ1v) is 5.11. The van der Waals surface area contributed by atoms with Crippen LogP contribution in [0.25, 0.3) is 0 Å². The SMILES string of the molecule is COCC(Cn1cncc1C(N)CO)OC. The molecule has 92 valence electrons. The van der Waals surface area contributed by atoms with Crippen molar-refractivity contribution in [1.82, 2.24) is 9.55 Å². The monoisotopic (exact) mass is 229 g/mol. The van der Waals surface area contributed by atoms with E-state index in [2.05, 4.69) is 4.98 Å². The molecular weight excluding hydrogens is 210 g/mol. The summed E-state index contributed by atoms with van der Waals surface area (Å²) in [4.78, 5) is 4.01. The van der Waals surface area contributed by atoms with Crippen LogP contribution in [0.1, 0.15) is 11.7 Å². The molecule has 0 aliphatic rings. The van der Waals surface area contributed by atoms with Gasteiger partial charge in [0.05, 0.1) is 43.9 Å².